The van der Waals surface area contributed by atoms with Gasteiger partial charge in [0, 0.05) is 28.3 Å². The maximum Gasteiger partial charge on any atom is 0.331 e. The van der Waals surface area contributed by atoms with Crippen LogP contribution in [0.2, 0.25) is 0 Å². The third kappa shape index (κ3) is 6.38. The molecule has 0 aromatic heterocycles. The number of hydrogen-bond donors (Lipinski definition) is 1. The first-order valence-corrected chi connectivity index (χ1v) is 9.17. The van der Waals surface area contributed by atoms with Crippen molar-refractivity contribution in [3.63, 3.8) is 0 Å². The zero-order chi connectivity index (χ0) is 21.6. The standard InChI is InChI=1S/C23H24FNO4/c1-15(29-20(26)14-11-16-7-5-6-8-19(16)24)21(27)17-9-12-18(13-10-17)25-22(28)23(2,3)4/h5-15H,1-4H3,(H,25,28)/b14-11+/t15-/m1/s1. The van der Waals surface area contributed by atoms with Gasteiger partial charge in [0.25, 0.3) is 0 Å². The number of ether oxygens (including phenoxy) is 1. The first kappa shape index (κ1) is 22.0. The van der Waals surface area contributed by atoms with Gasteiger partial charge in [-0.3, -0.25) is 9.59 Å². The second kappa shape index (κ2) is 9.28. The fraction of sp³-hybridized carbons (Fsp3) is 0.261. The number of carbonyl (C=O) groups is 3. The number of halogens is 1. The van der Waals surface area contributed by atoms with Gasteiger partial charge in [-0.2, -0.15) is 0 Å². The van der Waals surface area contributed by atoms with E-state index in [0.717, 1.165) is 6.08 Å². The lowest BCUT2D eigenvalue weighted by Crippen LogP contribution is -2.27. The Balaban J connectivity index is 1.96. The quantitative estimate of drug-likeness (QED) is 0.438. The van der Waals surface area contributed by atoms with Crippen LogP contribution < -0.4 is 5.32 Å². The predicted octanol–water partition coefficient (Wildman–Crippen LogP) is 4.64. The minimum absolute atomic E-state index is 0.138. The molecular formula is C23H24FNO4. The van der Waals surface area contributed by atoms with E-state index in [2.05, 4.69) is 5.32 Å². The normalized spacial score (nSPS) is 12.4. The monoisotopic (exact) mass is 397 g/mol. The van der Waals surface area contributed by atoms with Crippen molar-refractivity contribution in [2.24, 2.45) is 5.41 Å². The summed E-state index contributed by atoms with van der Waals surface area (Å²) >= 11 is 0. The summed E-state index contributed by atoms with van der Waals surface area (Å²) in [7, 11) is 0. The molecule has 2 aromatic carbocycles. The molecule has 0 saturated heterocycles. The smallest absolute Gasteiger partial charge is 0.331 e. The number of amides is 1. The van der Waals surface area contributed by atoms with E-state index in [1.54, 1.807) is 57.2 Å². The van der Waals surface area contributed by atoms with Gasteiger partial charge in [0.15, 0.2) is 6.10 Å². The van der Waals surface area contributed by atoms with Crippen molar-refractivity contribution >= 4 is 29.4 Å². The van der Waals surface area contributed by atoms with E-state index in [1.165, 1.54) is 25.1 Å². The molecule has 0 aliphatic heterocycles. The summed E-state index contributed by atoms with van der Waals surface area (Å²) in [5, 5.41) is 2.77. The predicted molar refractivity (Wildman–Crippen MR) is 110 cm³/mol. The Kier molecular flexibility index (Phi) is 7.04. The van der Waals surface area contributed by atoms with Gasteiger partial charge in [-0.15, -0.1) is 0 Å². The summed E-state index contributed by atoms with van der Waals surface area (Å²) in [4.78, 5) is 36.4. The summed E-state index contributed by atoms with van der Waals surface area (Å²) in [6.45, 7) is 6.87. The van der Waals surface area contributed by atoms with Crippen LogP contribution in [-0.4, -0.2) is 23.8 Å². The van der Waals surface area contributed by atoms with Crippen molar-refractivity contribution in [1.29, 1.82) is 0 Å². The maximum atomic E-state index is 13.5. The number of carbonyl (C=O) groups excluding carboxylic acids is 3. The van der Waals surface area contributed by atoms with Gasteiger partial charge in [0.1, 0.15) is 5.82 Å². The lowest BCUT2D eigenvalue weighted by atomic mass is 9.95. The van der Waals surface area contributed by atoms with Gasteiger partial charge in [-0.25, -0.2) is 9.18 Å². The second-order valence-corrected chi connectivity index (χ2v) is 7.58. The van der Waals surface area contributed by atoms with E-state index in [-0.39, 0.29) is 17.3 Å². The summed E-state index contributed by atoms with van der Waals surface area (Å²) in [6.07, 6.45) is 1.36. The lowest BCUT2D eigenvalue weighted by Gasteiger charge is -2.18. The Morgan fingerprint density at radius 3 is 2.24 bits per heavy atom. The van der Waals surface area contributed by atoms with Crippen LogP contribution in [0, 0.1) is 11.2 Å². The first-order chi connectivity index (χ1) is 13.6. The summed E-state index contributed by atoms with van der Waals surface area (Å²) in [5.74, 6) is -1.73. The molecule has 6 heteroatoms. The van der Waals surface area contributed by atoms with Gasteiger partial charge in [0.2, 0.25) is 11.7 Å². The average molecular weight is 397 g/mol. The highest BCUT2D eigenvalue weighted by atomic mass is 19.1. The molecule has 0 radical (unpaired) electrons. The highest BCUT2D eigenvalue weighted by Gasteiger charge is 2.22. The highest BCUT2D eigenvalue weighted by molar-refractivity contribution is 6.01. The molecular weight excluding hydrogens is 373 g/mol. The average Bonchev–Trinajstić information content (AvgIpc) is 2.66. The van der Waals surface area contributed by atoms with E-state index in [9.17, 15) is 18.8 Å². The number of hydrogen-bond acceptors (Lipinski definition) is 4. The van der Waals surface area contributed by atoms with Crippen LogP contribution in [0.15, 0.2) is 54.6 Å². The fourth-order valence-electron chi connectivity index (χ4n) is 2.31. The lowest BCUT2D eigenvalue weighted by molar-refractivity contribution is -0.140. The number of anilines is 1. The zero-order valence-electron chi connectivity index (χ0n) is 16.9. The topological polar surface area (TPSA) is 72.5 Å². The maximum absolute atomic E-state index is 13.5. The third-order valence-electron chi connectivity index (χ3n) is 4.07. The van der Waals surface area contributed by atoms with Crippen LogP contribution >= 0.6 is 0 Å². The molecule has 0 aliphatic carbocycles. The number of ketones is 1. The summed E-state index contributed by atoms with van der Waals surface area (Å²) < 4.78 is 18.6. The minimum atomic E-state index is -1.01. The summed E-state index contributed by atoms with van der Waals surface area (Å²) in [5.41, 5.74) is 0.625. The SMILES string of the molecule is C[C@@H](OC(=O)/C=C/c1ccccc1F)C(=O)c1ccc(NC(=O)C(C)(C)C)cc1. The van der Waals surface area contributed by atoms with Crippen LogP contribution in [0.5, 0.6) is 0 Å². The van der Waals surface area contributed by atoms with Gasteiger partial charge >= 0.3 is 5.97 Å². The zero-order valence-corrected chi connectivity index (χ0v) is 16.9. The van der Waals surface area contributed by atoms with Crippen LogP contribution in [0.1, 0.15) is 43.6 Å². The number of nitrogens with one attached hydrogen (secondary N) is 1. The Hall–Kier alpha value is -3.28. The molecule has 0 unspecified atom stereocenters. The molecule has 2 aromatic rings. The molecule has 29 heavy (non-hydrogen) atoms. The van der Waals surface area contributed by atoms with Crippen molar-refractivity contribution < 1.29 is 23.5 Å². The largest absolute Gasteiger partial charge is 0.451 e. The first-order valence-electron chi connectivity index (χ1n) is 9.17. The van der Waals surface area contributed by atoms with E-state index >= 15 is 0 Å². The Bertz CT molecular complexity index is 927. The Morgan fingerprint density at radius 2 is 1.66 bits per heavy atom. The van der Waals surface area contributed by atoms with Gasteiger partial charge in [0.05, 0.1) is 0 Å². The molecule has 0 aliphatic rings. The van der Waals surface area contributed by atoms with E-state index in [0.29, 0.717) is 11.3 Å². The molecule has 0 saturated carbocycles. The minimum Gasteiger partial charge on any atom is -0.451 e. The Labute approximate surface area is 169 Å². The van der Waals surface area contributed by atoms with Crippen molar-refractivity contribution in [3.8, 4) is 0 Å². The van der Waals surface area contributed by atoms with Crippen LogP contribution in [0.25, 0.3) is 6.08 Å². The van der Waals surface area contributed by atoms with E-state index < -0.39 is 23.3 Å². The van der Waals surface area contributed by atoms with Crippen LogP contribution in [0.4, 0.5) is 10.1 Å². The number of Topliss-reactive ketones (excluding diaryl/α,β-unsaturated/α-hetero) is 1. The molecule has 152 valence electrons. The second-order valence-electron chi connectivity index (χ2n) is 7.58. The molecule has 0 bridgehead atoms. The molecule has 1 N–H and O–H groups in total. The Morgan fingerprint density at radius 1 is 1.03 bits per heavy atom. The highest BCUT2D eigenvalue weighted by Crippen LogP contribution is 2.18. The molecule has 0 fully saturated rings. The molecule has 2 rings (SSSR count). The van der Waals surface area contributed by atoms with Crippen molar-refractivity contribution in [1.82, 2.24) is 0 Å². The van der Waals surface area contributed by atoms with Gasteiger partial charge in [-0.05, 0) is 43.3 Å². The molecule has 1 amide bonds. The fourth-order valence-corrected chi connectivity index (χ4v) is 2.31. The number of esters is 1. The van der Waals surface area contributed by atoms with Crippen LogP contribution in [-0.2, 0) is 14.3 Å². The van der Waals surface area contributed by atoms with Gasteiger partial charge < -0.3 is 10.1 Å². The van der Waals surface area contributed by atoms with Crippen molar-refractivity contribution in [2.45, 2.75) is 33.8 Å². The molecule has 0 heterocycles. The van der Waals surface area contributed by atoms with Crippen molar-refractivity contribution in [2.75, 3.05) is 5.32 Å². The molecule has 5 nitrogen and oxygen atoms in total. The van der Waals surface area contributed by atoms with E-state index in [4.69, 9.17) is 4.74 Å². The molecule has 0 spiro atoms. The number of benzene rings is 2. The van der Waals surface area contributed by atoms with Crippen molar-refractivity contribution in [3.05, 3.63) is 71.6 Å². The molecule has 1 atom stereocenters. The summed E-state index contributed by atoms with van der Waals surface area (Å²) in [6, 6.07) is 12.3. The van der Waals surface area contributed by atoms with Crippen LogP contribution in [0.3, 0.4) is 0 Å². The van der Waals surface area contributed by atoms with E-state index in [1.807, 2.05) is 0 Å². The third-order valence-corrected chi connectivity index (χ3v) is 4.07. The number of rotatable bonds is 6. The van der Waals surface area contributed by atoms with Gasteiger partial charge in [-0.1, -0.05) is 39.0 Å².